The van der Waals surface area contributed by atoms with Crippen molar-refractivity contribution in [1.82, 2.24) is 4.90 Å². The number of hydrogen-bond donors (Lipinski definition) is 1. The molecule has 0 atom stereocenters. The molecule has 2 amide bonds. The van der Waals surface area contributed by atoms with E-state index in [0.29, 0.717) is 28.5 Å². The third-order valence-corrected chi connectivity index (χ3v) is 5.81. The summed E-state index contributed by atoms with van der Waals surface area (Å²) in [4.78, 5) is 15.4. The van der Waals surface area contributed by atoms with Crippen molar-refractivity contribution in [2.45, 2.75) is 76.3 Å². The van der Waals surface area contributed by atoms with E-state index in [1.807, 2.05) is 0 Å². The Bertz CT molecular complexity index is 563. The molecule has 1 aromatic carbocycles. The second-order valence-electron chi connectivity index (χ2n) is 7.27. The molecule has 25 heavy (non-hydrogen) atoms. The lowest BCUT2D eigenvalue weighted by Gasteiger charge is -2.41. The Labute approximate surface area is 155 Å². The smallest absolute Gasteiger partial charge is 0.322 e. The van der Waals surface area contributed by atoms with Gasteiger partial charge in [0.25, 0.3) is 0 Å². The van der Waals surface area contributed by atoms with Crippen LogP contribution in [0.2, 0.25) is 5.02 Å². The highest BCUT2D eigenvalue weighted by molar-refractivity contribution is 6.31. The molecule has 2 fully saturated rings. The fourth-order valence-corrected chi connectivity index (χ4v) is 4.48. The third kappa shape index (κ3) is 4.60. The molecular formula is C20H29ClN2O2. The molecule has 0 saturated heterocycles. The number of urea groups is 1. The molecule has 2 aliphatic carbocycles. The molecule has 0 unspecified atom stereocenters. The number of halogens is 1. The van der Waals surface area contributed by atoms with Crippen LogP contribution in [-0.2, 0) is 0 Å². The van der Waals surface area contributed by atoms with Crippen molar-refractivity contribution in [3.63, 3.8) is 0 Å². The maximum atomic E-state index is 13.2. The lowest BCUT2D eigenvalue weighted by Crippen LogP contribution is -2.50. The first-order valence-electron chi connectivity index (χ1n) is 9.62. The molecule has 0 aromatic heterocycles. The minimum atomic E-state index is -0.000586. The Morgan fingerprint density at radius 1 is 1.04 bits per heavy atom. The van der Waals surface area contributed by atoms with Crippen LogP contribution in [0.1, 0.15) is 64.2 Å². The molecule has 1 aromatic rings. The van der Waals surface area contributed by atoms with E-state index in [0.717, 1.165) is 25.7 Å². The predicted octanol–water partition coefficient (Wildman–Crippen LogP) is 5.85. The van der Waals surface area contributed by atoms with E-state index in [9.17, 15) is 4.79 Å². The van der Waals surface area contributed by atoms with Crippen LogP contribution in [0.4, 0.5) is 10.5 Å². The first-order valence-corrected chi connectivity index (χ1v) is 9.99. The number of benzene rings is 1. The fourth-order valence-electron chi connectivity index (χ4n) is 4.31. The van der Waals surface area contributed by atoms with Crippen LogP contribution in [0.25, 0.3) is 0 Å². The van der Waals surface area contributed by atoms with Gasteiger partial charge in [-0.15, -0.1) is 0 Å². The van der Waals surface area contributed by atoms with Crippen LogP contribution < -0.4 is 10.1 Å². The average Bonchev–Trinajstić information content (AvgIpc) is 2.64. The van der Waals surface area contributed by atoms with Gasteiger partial charge in [0, 0.05) is 17.1 Å². The number of nitrogens with one attached hydrogen (secondary N) is 1. The molecule has 2 saturated carbocycles. The Morgan fingerprint density at radius 2 is 1.60 bits per heavy atom. The minimum Gasteiger partial charge on any atom is -0.495 e. The third-order valence-electron chi connectivity index (χ3n) is 5.57. The molecule has 0 radical (unpaired) electrons. The maximum absolute atomic E-state index is 13.2. The van der Waals surface area contributed by atoms with Crippen LogP contribution in [0.15, 0.2) is 18.2 Å². The molecule has 3 rings (SSSR count). The first kappa shape index (κ1) is 18.4. The Kier molecular flexibility index (Phi) is 6.46. The van der Waals surface area contributed by atoms with Gasteiger partial charge in [0.1, 0.15) is 5.75 Å². The number of methoxy groups -OCH3 is 1. The zero-order chi connectivity index (χ0) is 17.6. The quantitative estimate of drug-likeness (QED) is 0.728. The molecule has 0 heterocycles. The summed E-state index contributed by atoms with van der Waals surface area (Å²) < 4.78 is 5.38. The van der Waals surface area contributed by atoms with Crippen molar-refractivity contribution >= 4 is 23.3 Å². The van der Waals surface area contributed by atoms with Gasteiger partial charge in [-0.05, 0) is 43.9 Å². The monoisotopic (exact) mass is 364 g/mol. The highest BCUT2D eigenvalue weighted by Gasteiger charge is 2.32. The van der Waals surface area contributed by atoms with Crippen molar-refractivity contribution in [2.24, 2.45) is 0 Å². The van der Waals surface area contributed by atoms with Crippen molar-refractivity contribution in [1.29, 1.82) is 0 Å². The maximum Gasteiger partial charge on any atom is 0.322 e. The molecular weight excluding hydrogens is 336 g/mol. The van der Waals surface area contributed by atoms with E-state index in [1.54, 1.807) is 25.3 Å². The van der Waals surface area contributed by atoms with E-state index < -0.39 is 0 Å². The van der Waals surface area contributed by atoms with Gasteiger partial charge in [0.15, 0.2) is 0 Å². The molecule has 138 valence electrons. The summed E-state index contributed by atoms with van der Waals surface area (Å²) in [5.74, 6) is 0.644. The van der Waals surface area contributed by atoms with Crippen LogP contribution >= 0.6 is 11.6 Å². The van der Waals surface area contributed by atoms with Gasteiger partial charge in [0.05, 0.1) is 12.8 Å². The summed E-state index contributed by atoms with van der Waals surface area (Å²) in [5, 5.41) is 3.67. The Balaban J connectivity index is 1.79. The topological polar surface area (TPSA) is 41.6 Å². The summed E-state index contributed by atoms with van der Waals surface area (Å²) in [6.45, 7) is 0. The average molecular weight is 365 g/mol. The normalized spacial score (nSPS) is 19.4. The fraction of sp³-hybridized carbons (Fsp3) is 0.650. The molecule has 4 nitrogen and oxygen atoms in total. The number of amides is 2. The van der Waals surface area contributed by atoms with Gasteiger partial charge in [-0.1, -0.05) is 50.1 Å². The van der Waals surface area contributed by atoms with Gasteiger partial charge < -0.3 is 15.0 Å². The second kappa shape index (κ2) is 8.79. The highest BCUT2D eigenvalue weighted by atomic mass is 35.5. The summed E-state index contributed by atoms with van der Waals surface area (Å²) in [6, 6.07) is 6.06. The van der Waals surface area contributed by atoms with E-state index >= 15 is 0 Å². The zero-order valence-electron chi connectivity index (χ0n) is 15.1. The van der Waals surface area contributed by atoms with Crippen LogP contribution in [-0.4, -0.2) is 30.1 Å². The van der Waals surface area contributed by atoms with E-state index in [-0.39, 0.29) is 6.03 Å². The zero-order valence-corrected chi connectivity index (χ0v) is 15.9. The molecule has 0 bridgehead atoms. The lowest BCUT2D eigenvalue weighted by molar-refractivity contribution is 0.114. The number of carbonyl (C=O) groups is 1. The standard InChI is InChI=1S/C20H29ClN2O2/c1-25-19-13-12-15(21)14-18(19)22-20(24)23(16-8-4-2-5-9-16)17-10-6-3-7-11-17/h12-14,16-17H,2-11H2,1H3,(H,22,24). The molecule has 5 heteroatoms. The number of nitrogens with zero attached hydrogens (tertiary/aromatic N) is 1. The Morgan fingerprint density at radius 3 is 2.12 bits per heavy atom. The van der Waals surface area contributed by atoms with Crippen molar-refractivity contribution < 1.29 is 9.53 Å². The van der Waals surface area contributed by atoms with Crippen LogP contribution in [0.5, 0.6) is 5.75 Å². The lowest BCUT2D eigenvalue weighted by atomic mass is 9.89. The van der Waals surface area contributed by atoms with Gasteiger partial charge in [0.2, 0.25) is 0 Å². The number of carbonyl (C=O) groups excluding carboxylic acids is 1. The van der Waals surface area contributed by atoms with E-state index in [2.05, 4.69) is 10.2 Å². The van der Waals surface area contributed by atoms with Gasteiger partial charge in [-0.25, -0.2) is 4.79 Å². The SMILES string of the molecule is COc1ccc(Cl)cc1NC(=O)N(C1CCCCC1)C1CCCCC1. The van der Waals surface area contributed by atoms with Crippen LogP contribution in [0.3, 0.4) is 0 Å². The molecule has 0 spiro atoms. The number of rotatable bonds is 4. The van der Waals surface area contributed by atoms with Crippen molar-refractivity contribution in [3.8, 4) is 5.75 Å². The number of anilines is 1. The summed E-state index contributed by atoms with van der Waals surface area (Å²) in [6.07, 6.45) is 12.0. The number of ether oxygens (including phenoxy) is 1. The van der Waals surface area contributed by atoms with Gasteiger partial charge in [-0.3, -0.25) is 0 Å². The largest absolute Gasteiger partial charge is 0.495 e. The van der Waals surface area contributed by atoms with E-state index in [4.69, 9.17) is 16.3 Å². The molecule has 0 aliphatic heterocycles. The van der Waals surface area contributed by atoms with Crippen molar-refractivity contribution in [2.75, 3.05) is 12.4 Å². The van der Waals surface area contributed by atoms with Gasteiger partial charge in [-0.2, -0.15) is 0 Å². The Hall–Kier alpha value is -1.42. The summed E-state index contributed by atoms with van der Waals surface area (Å²) >= 11 is 6.11. The van der Waals surface area contributed by atoms with Crippen LogP contribution in [0, 0.1) is 0 Å². The second-order valence-corrected chi connectivity index (χ2v) is 7.70. The van der Waals surface area contributed by atoms with E-state index in [1.165, 1.54) is 38.5 Å². The minimum absolute atomic E-state index is 0.000586. The highest BCUT2D eigenvalue weighted by Crippen LogP contribution is 2.32. The summed E-state index contributed by atoms with van der Waals surface area (Å²) in [7, 11) is 1.61. The summed E-state index contributed by atoms with van der Waals surface area (Å²) in [5.41, 5.74) is 0.650. The molecule has 2 aliphatic rings. The van der Waals surface area contributed by atoms with Crippen molar-refractivity contribution in [3.05, 3.63) is 23.2 Å². The first-order chi connectivity index (χ1) is 12.2. The number of hydrogen-bond acceptors (Lipinski definition) is 2. The molecule has 1 N–H and O–H groups in total. The van der Waals surface area contributed by atoms with Gasteiger partial charge >= 0.3 is 6.03 Å². The predicted molar refractivity (Wildman–Crippen MR) is 103 cm³/mol.